The SMILES string of the molecule is CC(C)C(N)c1nc(N(C)C)n[nH]1. The standard InChI is InChI=1S/C8H17N5/c1-5(2)6(9)7-10-8(12-11-7)13(3)4/h5-6H,9H2,1-4H3,(H,10,11,12). The first kappa shape index (κ1) is 9.98. The number of nitrogens with one attached hydrogen (secondary N) is 1. The second kappa shape index (κ2) is 3.74. The van der Waals surface area contributed by atoms with Gasteiger partial charge in [0.25, 0.3) is 0 Å². The van der Waals surface area contributed by atoms with Gasteiger partial charge in [0.05, 0.1) is 6.04 Å². The number of hydrogen-bond acceptors (Lipinski definition) is 4. The Balaban J connectivity index is 2.79. The summed E-state index contributed by atoms with van der Waals surface area (Å²) in [4.78, 5) is 6.11. The predicted octanol–water partition coefficient (Wildman–Crippen LogP) is 0.526. The van der Waals surface area contributed by atoms with Crippen LogP contribution in [0, 0.1) is 5.92 Å². The van der Waals surface area contributed by atoms with Crippen molar-refractivity contribution < 1.29 is 0 Å². The lowest BCUT2D eigenvalue weighted by Crippen LogP contribution is -2.18. The van der Waals surface area contributed by atoms with Gasteiger partial charge in [-0.25, -0.2) is 0 Å². The van der Waals surface area contributed by atoms with Gasteiger partial charge in [-0.15, -0.1) is 5.10 Å². The summed E-state index contributed by atoms with van der Waals surface area (Å²) in [5.41, 5.74) is 5.90. The molecule has 5 nitrogen and oxygen atoms in total. The fraction of sp³-hybridized carbons (Fsp3) is 0.750. The third-order valence-corrected chi connectivity index (χ3v) is 1.92. The van der Waals surface area contributed by atoms with Crippen LogP contribution in [0.3, 0.4) is 0 Å². The van der Waals surface area contributed by atoms with E-state index < -0.39 is 0 Å². The Morgan fingerprint density at radius 2 is 2.00 bits per heavy atom. The molecule has 3 N–H and O–H groups in total. The molecule has 0 aliphatic heterocycles. The Labute approximate surface area is 78.3 Å². The van der Waals surface area contributed by atoms with E-state index in [1.165, 1.54) is 0 Å². The highest BCUT2D eigenvalue weighted by atomic mass is 15.3. The van der Waals surface area contributed by atoms with Crippen molar-refractivity contribution in [3.8, 4) is 0 Å². The molecule has 0 saturated carbocycles. The maximum atomic E-state index is 5.90. The molecule has 0 radical (unpaired) electrons. The first-order chi connectivity index (χ1) is 6.02. The van der Waals surface area contributed by atoms with Crippen LogP contribution >= 0.6 is 0 Å². The Morgan fingerprint density at radius 3 is 2.38 bits per heavy atom. The van der Waals surface area contributed by atoms with Crippen molar-refractivity contribution in [3.63, 3.8) is 0 Å². The minimum absolute atomic E-state index is 0.0683. The maximum Gasteiger partial charge on any atom is 0.244 e. The topological polar surface area (TPSA) is 70.8 Å². The molecule has 1 aromatic heterocycles. The number of nitrogens with zero attached hydrogens (tertiary/aromatic N) is 3. The van der Waals surface area contributed by atoms with E-state index in [-0.39, 0.29) is 6.04 Å². The van der Waals surface area contributed by atoms with E-state index in [1.807, 2.05) is 19.0 Å². The van der Waals surface area contributed by atoms with E-state index in [2.05, 4.69) is 29.0 Å². The minimum atomic E-state index is -0.0683. The summed E-state index contributed by atoms with van der Waals surface area (Å²) >= 11 is 0. The number of nitrogens with two attached hydrogens (primary N) is 1. The Hall–Kier alpha value is -1.10. The number of aromatic amines is 1. The van der Waals surface area contributed by atoms with Gasteiger partial charge in [0, 0.05) is 14.1 Å². The van der Waals surface area contributed by atoms with Crippen LogP contribution in [-0.4, -0.2) is 29.3 Å². The summed E-state index contributed by atoms with van der Waals surface area (Å²) in [5, 5.41) is 6.87. The van der Waals surface area contributed by atoms with Gasteiger partial charge in [-0.05, 0) is 5.92 Å². The predicted molar refractivity (Wildman–Crippen MR) is 52.5 cm³/mol. The van der Waals surface area contributed by atoms with Gasteiger partial charge in [0.2, 0.25) is 5.95 Å². The molecule has 1 aromatic rings. The summed E-state index contributed by atoms with van der Waals surface area (Å²) < 4.78 is 0. The van der Waals surface area contributed by atoms with Crippen molar-refractivity contribution in [1.29, 1.82) is 0 Å². The van der Waals surface area contributed by atoms with Crippen molar-refractivity contribution in [2.75, 3.05) is 19.0 Å². The summed E-state index contributed by atoms with van der Waals surface area (Å²) in [6.07, 6.45) is 0. The highest BCUT2D eigenvalue weighted by Gasteiger charge is 2.15. The Morgan fingerprint density at radius 1 is 1.38 bits per heavy atom. The number of rotatable bonds is 3. The number of anilines is 1. The molecule has 0 aromatic carbocycles. The lowest BCUT2D eigenvalue weighted by Gasteiger charge is -2.11. The molecule has 1 rings (SSSR count). The fourth-order valence-electron chi connectivity index (χ4n) is 0.930. The van der Waals surface area contributed by atoms with E-state index >= 15 is 0 Å². The lowest BCUT2D eigenvalue weighted by molar-refractivity contribution is 0.492. The molecule has 5 heteroatoms. The molecule has 13 heavy (non-hydrogen) atoms. The van der Waals surface area contributed by atoms with E-state index in [4.69, 9.17) is 5.73 Å². The van der Waals surface area contributed by atoms with Crippen molar-refractivity contribution in [2.45, 2.75) is 19.9 Å². The molecule has 1 heterocycles. The van der Waals surface area contributed by atoms with Crippen molar-refractivity contribution in [3.05, 3.63) is 5.82 Å². The Bertz CT molecular complexity index is 265. The monoisotopic (exact) mass is 183 g/mol. The van der Waals surface area contributed by atoms with Crippen molar-refractivity contribution in [2.24, 2.45) is 11.7 Å². The summed E-state index contributed by atoms with van der Waals surface area (Å²) in [6, 6.07) is -0.0683. The molecule has 0 fully saturated rings. The fourth-order valence-corrected chi connectivity index (χ4v) is 0.930. The van der Waals surface area contributed by atoms with Crippen LogP contribution in [0.15, 0.2) is 0 Å². The molecule has 0 saturated heterocycles. The lowest BCUT2D eigenvalue weighted by atomic mass is 10.1. The molecule has 74 valence electrons. The normalized spacial score (nSPS) is 13.4. The number of hydrogen-bond donors (Lipinski definition) is 2. The molecular weight excluding hydrogens is 166 g/mol. The van der Waals surface area contributed by atoms with Gasteiger partial charge < -0.3 is 10.6 Å². The average molecular weight is 183 g/mol. The van der Waals surface area contributed by atoms with Gasteiger partial charge in [0.1, 0.15) is 5.82 Å². The molecule has 0 aliphatic carbocycles. The maximum absolute atomic E-state index is 5.90. The molecule has 0 bridgehead atoms. The Kier molecular flexibility index (Phi) is 2.87. The van der Waals surface area contributed by atoms with Crippen LogP contribution < -0.4 is 10.6 Å². The number of H-pyrrole nitrogens is 1. The van der Waals surface area contributed by atoms with E-state index in [0.717, 1.165) is 5.82 Å². The van der Waals surface area contributed by atoms with Crippen LogP contribution in [0.25, 0.3) is 0 Å². The molecule has 0 amide bonds. The number of aromatic nitrogens is 3. The molecule has 1 atom stereocenters. The molecule has 1 unspecified atom stereocenters. The van der Waals surface area contributed by atoms with Crippen LogP contribution in [0.1, 0.15) is 25.7 Å². The van der Waals surface area contributed by atoms with E-state index in [9.17, 15) is 0 Å². The van der Waals surface area contributed by atoms with Gasteiger partial charge >= 0.3 is 0 Å². The molecule has 0 spiro atoms. The highest BCUT2D eigenvalue weighted by Crippen LogP contribution is 2.15. The van der Waals surface area contributed by atoms with Crippen molar-refractivity contribution >= 4 is 5.95 Å². The third-order valence-electron chi connectivity index (χ3n) is 1.92. The largest absolute Gasteiger partial charge is 0.346 e. The first-order valence-corrected chi connectivity index (χ1v) is 4.37. The zero-order valence-corrected chi connectivity index (χ0v) is 8.57. The highest BCUT2D eigenvalue weighted by molar-refractivity contribution is 5.25. The van der Waals surface area contributed by atoms with Crippen LogP contribution in [0.4, 0.5) is 5.95 Å². The average Bonchev–Trinajstić information content (AvgIpc) is 2.50. The van der Waals surface area contributed by atoms with E-state index in [1.54, 1.807) is 0 Å². The van der Waals surface area contributed by atoms with Crippen LogP contribution in [0.5, 0.6) is 0 Å². The molecule has 0 aliphatic rings. The zero-order chi connectivity index (χ0) is 10.0. The second-order valence-electron chi connectivity index (χ2n) is 3.68. The minimum Gasteiger partial charge on any atom is -0.346 e. The second-order valence-corrected chi connectivity index (χ2v) is 3.68. The van der Waals surface area contributed by atoms with Gasteiger partial charge in [-0.1, -0.05) is 13.8 Å². The molecular formula is C8H17N5. The van der Waals surface area contributed by atoms with Crippen LogP contribution in [-0.2, 0) is 0 Å². The van der Waals surface area contributed by atoms with Gasteiger partial charge in [-0.2, -0.15) is 4.98 Å². The summed E-state index contributed by atoms with van der Waals surface area (Å²) in [7, 11) is 3.79. The smallest absolute Gasteiger partial charge is 0.244 e. The zero-order valence-electron chi connectivity index (χ0n) is 8.57. The quantitative estimate of drug-likeness (QED) is 0.717. The third kappa shape index (κ3) is 2.18. The van der Waals surface area contributed by atoms with E-state index in [0.29, 0.717) is 11.9 Å². The van der Waals surface area contributed by atoms with Gasteiger partial charge in [0.15, 0.2) is 0 Å². The summed E-state index contributed by atoms with van der Waals surface area (Å²) in [5.74, 6) is 1.78. The van der Waals surface area contributed by atoms with Crippen molar-refractivity contribution in [1.82, 2.24) is 15.2 Å². The van der Waals surface area contributed by atoms with Crippen LogP contribution in [0.2, 0.25) is 0 Å². The van der Waals surface area contributed by atoms with Gasteiger partial charge in [-0.3, -0.25) is 5.10 Å². The first-order valence-electron chi connectivity index (χ1n) is 4.37. The summed E-state index contributed by atoms with van der Waals surface area (Å²) in [6.45, 7) is 4.12.